The first-order valence-corrected chi connectivity index (χ1v) is 6.43. The van der Waals surface area contributed by atoms with Crippen molar-refractivity contribution >= 4 is 17.6 Å². The Morgan fingerprint density at radius 1 is 1.33 bits per heavy atom. The third-order valence-corrected chi connectivity index (χ3v) is 3.23. The van der Waals surface area contributed by atoms with E-state index in [9.17, 15) is 14.7 Å². The molecule has 1 aliphatic rings. The van der Waals surface area contributed by atoms with Gasteiger partial charge in [0.15, 0.2) is 5.75 Å². The van der Waals surface area contributed by atoms with Crippen LogP contribution in [0.4, 0.5) is 5.69 Å². The predicted octanol–water partition coefficient (Wildman–Crippen LogP) is 1.01. The van der Waals surface area contributed by atoms with Crippen molar-refractivity contribution in [2.75, 3.05) is 18.1 Å². The molecule has 1 N–H and O–H groups in total. The molecule has 21 heavy (non-hydrogen) atoms. The van der Waals surface area contributed by atoms with Crippen molar-refractivity contribution in [3.8, 4) is 5.75 Å². The number of nitrogens with zero attached hydrogens (tertiary/aromatic N) is 3. The zero-order chi connectivity index (χ0) is 14.8. The van der Waals surface area contributed by atoms with Gasteiger partial charge in [-0.05, 0) is 18.2 Å². The number of carbonyl (C=O) groups excluding carboxylic acids is 1. The summed E-state index contributed by atoms with van der Waals surface area (Å²) >= 11 is 0. The summed E-state index contributed by atoms with van der Waals surface area (Å²) in [5.41, 5.74) is 0.544. The number of hydrogen-bond donors (Lipinski definition) is 1. The first kappa shape index (κ1) is 13.2. The molecule has 0 saturated heterocycles. The van der Waals surface area contributed by atoms with Crippen molar-refractivity contribution in [3.63, 3.8) is 0 Å². The van der Waals surface area contributed by atoms with Gasteiger partial charge in [0.1, 0.15) is 18.7 Å². The fourth-order valence-electron chi connectivity index (χ4n) is 2.29. The second kappa shape index (κ2) is 5.28. The molecule has 1 aliphatic heterocycles. The summed E-state index contributed by atoms with van der Waals surface area (Å²) in [6.45, 7) is 0.752. The normalized spacial score (nSPS) is 13.4. The molecule has 0 fully saturated rings. The molecule has 7 heteroatoms. The van der Waals surface area contributed by atoms with E-state index in [-0.39, 0.29) is 30.4 Å². The number of rotatable bonds is 3. The summed E-state index contributed by atoms with van der Waals surface area (Å²) in [4.78, 5) is 25.1. The summed E-state index contributed by atoms with van der Waals surface area (Å²) < 4.78 is 6.96. The zero-order valence-electron chi connectivity index (χ0n) is 11.1. The maximum atomic E-state index is 12.4. The van der Waals surface area contributed by atoms with Crippen LogP contribution in [-0.4, -0.2) is 39.9 Å². The van der Waals surface area contributed by atoms with E-state index in [1.54, 1.807) is 30.6 Å². The van der Waals surface area contributed by atoms with Crippen LogP contribution in [0.25, 0.3) is 0 Å². The number of hydrogen-bond acceptors (Lipinski definition) is 4. The maximum Gasteiger partial charge on any atom is 0.339 e. The van der Waals surface area contributed by atoms with Crippen LogP contribution in [0, 0.1) is 0 Å². The Morgan fingerprint density at radius 2 is 2.19 bits per heavy atom. The van der Waals surface area contributed by atoms with Gasteiger partial charge < -0.3 is 14.7 Å². The van der Waals surface area contributed by atoms with Gasteiger partial charge >= 0.3 is 5.97 Å². The van der Waals surface area contributed by atoms with Crippen molar-refractivity contribution in [3.05, 3.63) is 42.2 Å². The van der Waals surface area contributed by atoms with E-state index >= 15 is 0 Å². The topological polar surface area (TPSA) is 84.7 Å². The molecule has 1 amide bonds. The third-order valence-electron chi connectivity index (χ3n) is 3.23. The van der Waals surface area contributed by atoms with Crippen molar-refractivity contribution in [1.82, 2.24) is 9.78 Å². The molecule has 0 radical (unpaired) electrons. The lowest BCUT2D eigenvalue weighted by molar-refractivity contribution is -0.119. The van der Waals surface area contributed by atoms with Gasteiger partial charge in [0.2, 0.25) is 5.91 Å². The van der Waals surface area contributed by atoms with Gasteiger partial charge in [-0.1, -0.05) is 6.07 Å². The molecule has 7 nitrogen and oxygen atoms in total. The standard InChI is InChI=1S/C14H13N3O4/c18-12(9-16-6-2-5-15-16)17-7-8-21-13-10(14(19)20)3-1-4-11(13)17/h1-6H,7-9H2,(H,19,20). The average Bonchev–Trinajstić information content (AvgIpc) is 2.98. The molecular weight excluding hydrogens is 274 g/mol. The monoisotopic (exact) mass is 287 g/mol. The molecule has 2 aromatic rings. The molecule has 0 spiro atoms. The average molecular weight is 287 g/mol. The van der Waals surface area contributed by atoms with E-state index < -0.39 is 5.97 Å². The summed E-state index contributed by atoms with van der Waals surface area (Å²) in [5, 5.41) is 13.2. The van der Waals surface area contributed by atoms with Gasteiger partial charge in [-0.25, -0.2) is 4.79 Å². The van der Waals surface area contributed by atoms with Gasteiger partial charge in [-0.2, -0.15) is 5.10 Å². The molecule has 0 atom stereocenters. The molecule has 1 aromatic carbocycles. The Hall–Kier alpha value is -2.83. The van der Waals surface area contributed by atoms with Crippen LogP contribution in [0.2, 0.25) is 0 Å². The quantitative estimate of drug-likeness (QED) is 0.910. The van der Waals surface area contributed by atoms with E-state index in [1.807, 2.05) is 0 Å². The fraction of sp³-hybridized carbons (Fsp3) is 0.214. The minimum absolute atomic E-state index is 0.0593. The highest BCUT2D eigenvalue weighted by Crippen LogP contribution is 2.35. The number of anilines is 1. The first-order chi connectivity index (χ1) is 10.2. The highest BCUT2D eigenvalue weighted by atomic mass is 16.5. The maximum absolute atomic E-state index is 12.4. The molecule has 108 valence electrons. The molecule has 0 unspecified atom stereocenters. The number of amides is 1. The zero-order valence-corrected chi connectivity index (χ0v) is 11.1. The Morgan fingerprint density at radius 3 is 2.90 bits per heavy atom. The van der Waals surface area contributed by atoms with Crippen LogP contribution in [0.5, 0.6) is 5.75 Å². The molecule has 2 heterocycles. The number of benzene rings is 1. The molecule has 1 aromatic heterocycles. The van der Waals surface area contributed by atoms with E-state index in [0.29, 0.717) is 12.2 Å². The molecule has 0 bridgehead atoms. The van der Waals surface area contributed by atoms with E-state index in [4.69, 9.17) is 4.74 Å². The predicted molar refractivity (Wildman–Crippen MR) is 73.5 cm³/mol. The van der Waals surface area contributed by atoms with Gasteiger partial charge in [0.05, 0.1) is 12.2 Å². The Labute approximate surface area is 120 Å². The van der Waals surface area contributed by atoms with E-state index in [1.165, 1.54) is 15.6 Å². The minimum atomic E-state index is -1.08. The fourth-order valence-corrected chi connectivity index (χ4v) is 2.29. The number of aromatic nitrogens is 2. The number of para-hydroxylation sites is 1. The van der Waals surface area contributed by atoms with Crippen LogP contribution in [-0.2, 0) is 11.3 Å². The van der Waals surface area contributed by atoms with Gasteiger partial charge in [0.25, 0.3) is 0 Å². The third kappa shape index (κ3) is 2.45. The number of carbonyl (C=O) groups is 2. The second-order valence-corrected chi connectivity index (χ2v) is 4.56. The SMILES string of the molecule is O=C(O)c1cccc2c1OCCN2C(=O)Cn1cccn1. The lowest BCUT2D eigenvalue weighted by Gasteiger charge is -2.30. The number of carboxylic acids is 1. The first-order valence-electron chi connectivity index (χ1n) is 6.43. The van der Waals surface area contributed by atoms with Crippen molar-refractivity contribution < 1.29 is 19.4 Å². The Balaban J connectivity index is 1.92. The Kier molecular flexibility index (Phi) is 3.31. The van der Waals surface area contributed by atoms with Crippen LogP contribution in [0.15, 0.2) is 36.7 Å². The molecular formula is C14H13N3O4. The summed E-state index contributed by atoms with van der Waals surface area (Å²) in [6, 6.07) is 6.48. The number of ether oxygens (including phenoxy) is 1. The highest BCUT2D eigenvalue weighted by Gasteiger charge is 2.27. The van der Waals surface area contributed by atoms with Gasteiger partial charge in [-0.3, -0.25) is 9.48 Å². The molecule has 0 saturated carbocycles. The highest BCUT2D eigenvalue weighted by molar-refractivity contribution is 5.99. The van der Waals surface area contributed by atoms with Crippen molar-refractivity contribution in [1.29, 1.82) is 0 Å². The second-order valence-electron chi connectivity index (χ2n) is 4.56. The minimum Gasteiger partial charge on any atom is -0.489 e. The van der Waals surface area contributed by atoms with Gasteiger partial charge in [0, 0.05) is 12.4 Å². The van der Waals surface area contributed by atoms with E-state index in [2.05, 4.69) is 5.10 Å². The van der Waals surface area contributed by atoms with Crippen LogP contribution >= 0.6 is 0 Å². The largest absolute Gasteiger partial charge is 0.489 e. The summed E-state index contributed by atoms with van der Waals surface area (Å²) in [7, 11) is 0. The smallest absolute Gasteiger partial charge is 0.339 e. The summed E-state index contributed by atoms with van der Waals surface area (Å²) in [5.74, 6) is -0.996. The number of carboxylic acid groups (broad SMARTS) is 1. The lowest BCUT2D eigenvalue weighted by Crippen LogP contribution is -2.40. The van der Waals surface area contributed by atoms with E-state index in [0.717, 1.165) is 0 Å². The Bertz CT molecular complexity index is 682. The van der Waals surface area contributed by atoms with Gasteiger partial charge in [-0.15, -0.1) is 0 Å². The van der Waals surface area contributed by atoms with Crippen LogP contribution in [0.1, 0.15) is 10.4 Å². The lowest BCUT2D eigenvalue weighted by atomic mass is 10.1. The van der Waals surface area contributed by atoms with Crippen molar-refractivity contribution in [2.24, 2.45) is 0 Å². The summed E-state index contributed by atoms with van der Waals surface area (Å²) in [6.07, 6.45) is 3.30. The number of fused-ring (bicyclic) bond motifs is 1. The van der Waals surface area contributed by atoms with Crippen LogP contribution < -0.4 is 9.64 Å². The van der Waals surface area contributed by atoms with Crippen LogP contribution in [0.3, 0.4) is 0 Å². The molecule has 0 aliphatic carbocycles. The molecule has 3 rings (SSSR count). The van der Waals surface area contributed by atoms with Crippen molar-refractivity contribution in [2.45, 2.75) is 6.54 Å². The number of aromatic carboxylic acids is 1.